The molecule has 5 heteroatoms. The maximum atomic E-state index is 12.5. The van der Waals surface area contributed by atoms with Crippen LogP contribution in [0.3, 0.4) is 0 Å². The zero-order valence-electron chi connectivity index (χ0n) is 12.3. The number of aromatic amines is 1. The minimum Gasteiger partial charge on any atom is -0.396 e. The number of likely N-dealkylation sites (tertiary alicyclic amines) is 1. The van der Waals surface area contributed by atoms with Crippen LogP contribution in [0.1, 0.15) is 36.7 Å². The molecule has 1 aliphatic heterocycles. The molecule has 0 radical (unpaired) electrons. The van der Waals surface area contributed by atoms with Crippen LogP contribution in [0.15, 0.2) is 24.4 Å². The van der Waals surface area contributed by atoms with E-state index in [1.165, 1.54) is 0 Å². The van der Waals surface area contributed by atoms with E-state index in [0.29, 0.717) is 18.8 Å². The van der Waals surface area contributed by atoms with Crippen LogP contribution in [-0.4, -0.2) is 45.6 Å². The van der Waals surface area contributed by atoms with Crippen molar-refractivity contribution in [3.05, 3.63) is 30.1 Å². The van der Waals surface area contributed by atoms with Gasteiger partial charge < -0.3 is 15.0 Å². The van der Waals surface area contributed by atoms with Crippen molar-refractivity contribution in [1.82, 2.24) is 14.9 Å². The second-order valence-electron chi connectivity index (χ2n) is 5.92. The third-order valence-electron chi connectivity index (χ3n) is 4.83. The van der Waals surface area contributed by atoms with E-state index in [4.69, 9.17) is 0 Å². The lowest BCUT2D eigenvalue weighted by Gasteiger charge is -2.40. The van der Waals surface area contributed by atoms with Crippen molar-refractivity contribution < 1.29 is 9.90 Å². The molecule has 3 rings (SSSR count). The fourth-order valence-electron chi connectivity index (χ4n) is 3.02. The first-order chi connectivity index (χ1) is 10.2. The number of nitrogens with one attached hydrogen (secondary N) is 1. The fraction of sp³-hybridized carbons (Fsp3) is 0.500. The number of H-pyrrole nitrogens is 1. The van der Waals surface area contributed by atoms with Gasteiger partial charge in [0.2, 0.25) is 0 Å². The second kappa shape index (κ2) is 5.48. The molecule has 2 N–H and O–H groups in total. The first-order valence-corrected chi connectivity index (χ1v) is 7.52. The summed E-state index contributed by atoms with van der Waals surface area (Å²) in [5.74, 6) is -0.0193. The predicted molar refractivity (Wildman–Crippen MR) is 81.0 cm³/mol. The Hall–Kier alpha value is -1.88. The standard InChI is InChI=1S/C16H21N3O2/c1-2-16(11-20)6-9-19(10-7-16)15(21)13-4-3-12-5-8-17-14(12)18-13/h3-5,8,20H,2,6-7,9-11H2,1H3,(H,17,18). The van der Waals surface area contributed by atoms with Gasteiger partial charge in [-0.1, -0.05) is 6.92 Å². The summed E-state index contributed by atoms with van der Waals surface area (Å²) in [6, 6.07) is 5.64. The molecule has 0 bridgehead atoms. The fourth-order valence-corrected chi connectivity index (χ4v) is 3.02. The van der Waals surface area contributed by atoms with Gasteiger partial charge in [-0.25, -0.2) is 4.98 Å². The highest BCUT2D eigenvalue weighted by Gasteiger charge is 2.34. The van der Waals surface area contributed by atoms with E-state index in [0.717, 1.165) is 30.3 Å². The van der Waals surface area contributed by atoms with E-state index in [-0.39, 0.29) is 17.9 Å². The topological polar surface area (TPSA) is 69.2 Å². The Morgan fingerprint density at radius 3 is 2.81 bits per heavy atom. The molecular formula is C16H21N3O2. The third kappa shape index (κ3) is 2.53. The molecule has 1 aliphatic rings. The van der Waals surface area contributed by atoms with Crippen LogP contribution in [-0.2, 0) is 0 Å². The van der Waals surface area contributed by atoms with Gasteiger partial charge in [0.05, 0.1) is 0 Å². The van der Waals surface area contributed by atoms with Gasteiger partial charge in [-0.3, -0.25) is 4.79 Å². The Bertz CT molecular complexity index is 636. The highest BCUT2D eigenvalue weighted by Crippen LogP contribution is 2.34. The number of aliphatic hydroxyl groups is 1. The number of fused-ring (bicyclic) bond motifs is 1. The average Bonchev–Trinajstić information content (AvgIpc) is 3.02. The van der Waals surface area contributed by atoms with Crippen LogP contribution in [0, 0.1) is 5.41 Å². The number of carbonyl (C=O) groups is 1. The number of nitrogens with zero attached hydrogens (tertiary/aromatic N) is 2. The predicted octanol–water partition coefficient (Wildman–Crippen LogP) is 2.19. The largest absolute Gasteiger partial charge is 0.396 e. The summed E-state index contributed by atoms with van der Waals surface area (Å²) < 4.78 is 0. The molecule has 5 nitrogen and oxygen atoms in total. The highest BCUT2D eigenvalue weighted by atomic mass is 16.3. The highest BCUT2D eigenvalue weighted by molar-refractivity contribution is 5.94. The molecule has 2 aromatic rings. The van der Waals surface area contributed by atoms with Gasteiger partial charge in [0.25, 0.3) is 5.91 Å². The number of carbonyl (C=O) groups excluding carboxylic acids is 1. The summed E-state index contributed by atoms with van der Waals surface area (Å²) >= 11 is 0. The number of hydrogen-bond donors (Lipinski definition) is 2. The van der Waals surface area contributed by atoms with Crippen molar-refractivity contribution in [3.63, 3.8) is 0 Å². The summed E-state index contributed by atoms with van der Waals surface area (Å²) in [4.78, 5) is 21.8. The van der Waals surface area contributed by atoms with Crippen molar-refractivity contribution in [2.75, 3.05) is 19.7 Å². The Morgan fingerprint density at radius 1 is 1.38 bits per heavy atom. The quantitative estimate of drug-likeness (QED) is 0.909. The Balaban J connectivity index is 1.74. The first-order valence-electron chi connectivity index (χ1n) is 7.52. The number of aliphatic hydroxyl groups excluding tert-OH is 1. The van der Waals surface area contributed by atoms with Crippen LogP contribution < -0.4 is 0 Å². The van der Waals surface area contributed by atoms with Crippen molar-refractivity contribution in [2.24, 2.45) is 5.41 Å². The SMILES string of the molecule is CCC1(CO)CCN(C(=O)c2ccc3cc[nH]c3n2)CC1. The van der Waals surface area contributed by atoms with Crippen LogP contribution in [0.4, 0.5) is 0 Å². The molecule has 0 spiro atoms. The van der Waals surface area contributed by atoms with E-state index in [2.05, 4.69) is 16.9 Å². The lowest BCUT2D eigenvalue weighted by atomic mass is 9.77. The number of hydrogen-bond acceptors (Lipinski definition) is 3. The molecule has 0 atom stereocenters. The van der Waals surface area contributed by atoms with Gasteiger partial charge in [0, 0.05) is 31.3 Å². The van der Waals surface area contributed by atoms with Crippen LogP contribution in [0.2, 0.25) is 0 Å². The molecule has 1 fully saturated rings. The van der Waals surface area contributed by atoms with Crippen LogP contribution in [0.5, 0.6) is 0 Å². The normalized spacial score (nSPS) is 18.1. The molecular weight excluding hydrogens is 266 g/mol. The molecule has 3 heterocycles. The number of aromatic nitrogens is 2. The first kappa shape index (κ1) is 14.1. The summed E-state index contributed by atoms with van der Waals surface area (Å²) in [6.45, 7) is 3.70. The zero-order chi connectivity index (χ0) is 14.9. The van der Waals surface area contributed by atoms with E-state index < -0.39 is 0 Å². The molecule has 0 unspecified atom stereocenters. The van der Waals surface area contributed by atoms with E-state index in [9.17, 15) is 9.90 Å². The third-order valence-corrected chi connectivity index (χ3v) is 4.83. The average molecular weight is 287 g/mol. The maximum Gasteiger partial charge on any atom is 0.272 e. The monoisotopic (exact) mass is 287 g/mol. The van der Waals surface area contributed by atoms with Gasteiger partial charge in [-0.15, -0.1) is 0 Å². The van der Waals surface area contributed by atoms with Crippen molar-refractivity contribution in [3.8, 4) is 0 Å². The van der Waals surface area contributed by atoms with E-state index in [1.807, 2.05) is 23.2 Å². The lowest BCUT2D eigenvalue weighted by molar-refractivity contribution is 0.0335. The van der Waals surface area contributed by atoms with Crippen molar-refractivity contribution >= 4 is 16.9 Å². The van der Waals surface area contributed by atoms with Gasteiger partial charge in [-0.2, -0.15) is 0 Å². The molecule has 112 valence electrons. The molecule has 2 aromatic heterocycles. The van der Waals surface area contributed by atoms with Crippen LogP contribution in [0.25, 0.3) is 11.0 Å². The summed E-state index contributed by atoms with van der Waals surface area (Å²) in [7, 11) is 0. The zero-order valence-corrected chi connectivity index (χ0v) is 12.3. The van der Waals surface area contributed by atoms with E-state index >= 15 is 0 Å². The molecule has 1 saturated heterocycles. The number of piperidine rings is 1. The molecule has 0 aliphatic carbocycles. The minimum absolute atomic E-state index is 0.00633. The van der Waals surface area contributed by atoms with E-state index in [1.54, 1.807) is 6.07 Å². The molecule has 21 heavy (non-hydrogen) atoms. The van der Waals surface area contributed by atoms with Gasteiger partial charge in [0.15, 0.2) is 0 Å². The van der Waals surface area contributed by atoms with Crippen LogP contribution >= 0.6 is 0 Å². The molecule has 1 amide bonds. The molecule has 0 aromatic carbocycles. The van der Waals surface area contributed by atoms with Crippen molar-refractivity contribution in [2.45, 2.75) is 26.2 Å². The minimum atomic E-state index is -0.0193. The summed E-state index contributed by atoms with van der Waals surface area (Å²) in [5.41, 5.74) is 1.22. The van der Waals surface area contributed by atoms with Gasteiger partial charge in [0.1, 0.15) is 11.3 Å². The number of pyridine rings is 1. The summed E-state index contributed by atoms with van der Waals surface area (Å²) in [5, 5.41) is 10.6. The van der Waals surface area contributed by atoms with Gasteiger partial charge >= 0.3 is 0 Å². The smallest absolute Gasteiger partial charge is 0.272 e. The molecule has 0 saturated carbocycles. The van der Waals surface area contributed by atoms with Crippen molar-refractivity contribution in [1.29, 1.82) is 0 Å². The number of rotatable bonds is 3. The Labute approximate surface area is 124 Å². The second-order valence-corrected chi connectivity index (χ2v) is 5.92. The summed E-state index contributed by atoms with van der Waals surface area (Å²) in [6.07, 6.45) is 4.49. The number of amides is 1. The van der Waals surface area contributed by atoms with Gasteiger partial charge in [-0.05, 0) is 42.9 Å². The maximum absolute atomic E-state index is 12.5. The Kier molecular flexibility index (Phi) is 3.68. The lowest BCUT2D eigenvalue weighted by Crippen LogP contribution is -2.44. The Morgan fingerprint density at radius 2 is 2.14 bits per heavy atom.